The normalized spacial score (nSPS) is 15.7. The summed E-state index contributed by atoms with van der Waals surface area (Å²) >= 11 is 1.19. The molecule has 0 spiro atoms. The van der Waals surface area contributed by atoms with Crippen molar-refractivity contribution in [3.8, 4) is 0 Å². The zero-order valence-electron chi connectivity index (χ0n) is 27.7. The van der Waals surface area contributed by atoms with Crippen molar-refractivity contribution in [2.75, 3.05) is 20.3 Å². The van der Waals surface area contributed by atoms with Gasteiger partial charge in [0.1, 0.15) is 6.04 Å². The molecule has 1 saturated carbocycles. The molecule has 4 N–H and O–H groups in total. The lowest BCUT2D eigenvalue weighted by Crippen LogP contribution is -2.50. The number of carbonyl (C=O) groups is 2. The Morgan fingerprint density at radius 2 is 1.67 bits per heavy atom. The number of alkyl carbamates (subject to hydrolysis) is 1. The number of hydrogen-bond donors (Lipinski definition) is 4. The summed E-state index contributed by atoms with van der Waals surface area (Å²) in [6.07, 6.45) is 0.0247. The van der Waals surface area contributed by atoms with Crippen molar-refractivity contribution in [3.05, 3.63) is 124 Å². The van der Waals surface area contributed by atoms with Crippen LogP contribution in [-0.4, -0.2) is 67.0 Å². The summed E-state index contributed by atoms with van der Waals surface area (Å²) in [5, 5.41) is 17.0. The SMILES string of the molecule is COC(=O)N[C@H](C(=O)NCc1ccc([C@@H](CO)N(CC2CC(F)(F)C2)S(=O)(=O)c2ccc3cc[nH]c3c2)s1)C(c1ccccc1)c1ccccc1. The van der Waals surface area contributed by atoms with E-state index in [1.807, 2.05) is 60.7 Å². The molecule has 0 unspecified atom stereocenters. The number of rotatable bonds is 14. The maximum Gasteiger partial charge on any atom is 0.407 e. The Hall–Kier alpha value is -4.63. The van der Waals surface area contributed by atoms with Crippen LogP contribution in [0.15, 0.2) is 108 Å². The van der Waals surface area contributed by atoms with E-state index in [9.17, 15) is 31.9 Å². The molecule has 1 aliphatic carbocycles. The highest BCUT2D eigenvalue weighted by molar-refractivity contribution is 7.89. The van der Waals surface area contributed by atoms with E-state index in [4.69, 9.17) is 4.74 Å². The van der Waals surface area contributed by atoms with Gasteiger partial charge in [-0.25, -0.2) is 22.0 Å². The first-order chi connectivity index (χ1) is 24.5. The van der Waals surface area contributed by atoms with Gasteiger partial charge in [-0.05, 0) is 52.8 Å². The second kappa shape index (κ2) is 15.3. The number of aliphatic hydroxyl groups is 1. The smallest absolute Gasteiger partial charge is 0.407 e. The number of aliphatic hydroxyl groups excluding tert-OH is 1. The molecule has 0 saturated heterocycles. The predicted octanol–water partition coefficient (Wildman–Crippen LogP) is 6.17. The molecule has 5 aromatic rings. The fraction of sp³-hybridized carbons (Fsp3) is 0.297. The molecule has 0 radical (unpaired) electrons. The fourth-order valence-corrected chi connectivity index (χ4v) is 9.37. The van der Waals surface area contributed by atoms with E-state index in [-0.39, 0.29) is 18.0 Å². The molecule has 51 heavy (non-hydrogen) atoms. The lowest BCUT2D eigenvalue weighted by molar-refractivity contribution is -0.123. The highest BCUT2D eigenvalue weighted by Crippen LogP contribution is 2.45. The number of sulfonamides is 1. The van der Waals surface area contributed by atoms with Gasteiger partial charge >= 0.3 is 6.09 Å². The van der Waals surface area contributed by atoms with Crippen LogP contribution in [0.3, 0.4) is 0 Å². The van der Waals surface area contributed by atoms with Gasteiger partial charge in [0.2, 0.25) is 21.9 Å². The van der Waals surface area contributed by atoms with Gasteiger partial charge in [0.15, 0.2) is 0 Å². The molecular weight excluding hydrogens is 699 g/mol. The van der Waals surface area contributed by atoms with E-state index in [0.29, 0.717) is 15.3 Å². The molecule has 268 valence electrons. The molecule has 2 atom stereocenters. The predicted molar refractivity (Wildman–Crippen MR) is 190 cm³/mol. The maximum atomic E-state index is 14.1. The summed E-state index contributed by atoms with van der Waals surface area (Å²) in [6, 6.07) is 26.3. The Morgan fingerprint density at radius 3 is 2.27 bits per heavy atom. The molecule has 3 aromatic carbocycles. The minimum absolute atomic E-state index is 0.0263. The highest BCUT2D eigenvalue weighted by Gasteiger charge is 2.48. The third kappa shape index (κ3) is 8.14. The van der Waals surface area contributed by atoms with Gasteiger partial charge in [-0.3, -0.25) is 4.79 Å². The summed E-state index contributed by atoms with van der Waals surface area (Å²) < 4.78 is 62.0. The molecule has 2 heterocycles. The topological polar surface area (TPSA) is 141 Å². The van der Waals surface area contributed by atoms with E-state index in [1.54, 1.807) is 30.5 Å². The van der Waals surface area contributed by atoms with Crippen LogP contribution in [-0.2, 0) is 26.1 Å². The van der Waals surface area contributed by atoms with E-state index < -0.39 is 71.3 Å². The first-order valence-electron chi connectivity index (χ1n) is 16.4. The van der Waals surface area contributed by atoms with E-state index in [2.05, 4.69) is 15.6 Å². The average Bonchev–Trinajstić information content (AvgIpc) is 3.80. The number of methoxy groups -OCH3 is 1. The van der Waals surface area contributed by atoms with Gasteiger partial charge in [-0.2, -0.15) is 4.31 Å². The van der Waals surface area contributed by atoms with Crippen molar-refractivity contribution in [2.24, 2.45) is 5.92 Å². The van der Waals surface area contributed by atoms with Crippen molar-refractivity contribution < 1.29 is 36.6 Å². The lowest BCUT2D eigenvalue weighted by atomic mass is 9.81. The van der Waals surface area contributed by atoms with Gasteiger partial charge in [-0.1, -0.05) is 66.7 Å². The Kier molecular flexibility index (Phi) is 10.9. The summed E-state index contributed by atoms with van der Waals surface area (Å²) in [7, 11) is -3.03. The van der Waals surface area contributed by atoms with Crippen LogP contribution in [0.1, 0.15) is 45.7 Å². The molecule has 2 aromatic heterocycles. The second-order valence-corrected chi connectivity index (χ2v) is 15.7. The Balaban J connectivity index is 1.25. The van der Waals surface area contributed by atoms with Gasteiger partial charge < -0.3 is 25.5 Å². The molecule has 10 nitrogen and oxygen atoms in total. The van der Waals surface area contributed by atoms with Gasteiger partial charge in [-0.15, -0.1) is 11.3 Å². The molecule has 14 heteroatoms. The number of alkyl halides is 2. The number of aromatic amines is 1. The lowest BCUT2D eigenvalue weighted by Gasteiger charge is -2.39. The number of amides is 2. The van der Waals surface area contributed by atoms with Crippen molar-refractivity contribution >= 4 is 44.3 Å². The van der Waals surface area contributed by atoms with E-state index in [0.717, 1.165) is 20.8 Å². The van der Waals surface area contributed by atoms with E-state index >= 15 is 0 Å². The number of halogens is 2. The van der Waals surface area contributed by atoms with Crippen LogP contribution in [0, 0.1) is 5.92 Å². The number of carbonyl (C=O) groups excluding carboxylic acids is 2. The zero-order chi connectivity index (χ0) is 36.2. The quantitative estimate of drug-likeness (QED) is 0.108. The number of thiophene rings is 1. The van der Waals surface area contributed by atoms with Crippen LogP contribution >= 0.6 is 11.3 Å². The van der Waals surface area contributed by atoms with Gasteiger partial charge in [0.25, 0.3) is 0 Å². The van der Waals surface area contributed by atoms with Crippen molar-refractivity contribution in [1.29, 1.82) is 0 Å². The van der Waals surface area contributed by atoms with Crippen molar-refractivity contribution in [2.45, 2.75) is 48.2 Å². The first kappa shape index (κ1) is 36.2. The van der Waals surface area contributed by atoms with E-state index in [1.165, 1.54) is 30.6 Å². The van der Waals surface area contributed by atoms with Crippen LogP contribution in [0.5, 0.6) is 0 Å². The number of benzene rings is 3. The van der Waals surface area contributed by atoms with Crippen LogP contribution < -0.4 is 10.6 Å². The van der Waals surface area contributed by atoms with Crippen LogP contribution in [0.4, 0.5) is 13.6 Å². The summed E-state index contributed by atoms with van der Waals surface area (Å²) in [5.41, 5.74) is 2.19. The van der Waals surface area contributed by atoms with Crippen LogP contribution in [0.2, 0.25) is 0 Å². The number of fused-ring (bicyclic) bond motifs is 1. The number of hydrogen-bond acceptors (Lipinski definition) is 7. The minimum atomic E-state index is -4.25. The minimum Gasteiger partial charge on any atom is -0.453 e. The third-order valence-corrected chi connectivity index (χ3v) is 12.2. The number of aromatic nitrogens is 1. The molecule has 1 aliphatic rings. The Labute approximate surface area is 298 Å². The molecule has 0 aliphatic heterocycles. The zero-order valence-corrected chi connectivity index (χ0v) is 29.3. The van der Waals surface area contributed by atoms with Crippen molar-refractivity contribution in [1.82, 2.24) is 19.9 Å². The van der Waals surface area contributed by atoms with Crippen LogP contribution in [0.25, 0.3) is 10.9 Å². The standard InChI is InChI=1S/C37H38F2N4O6S2/c1-49-36(46)42-34(33(26-8-4-2-5-9-26)27-10-6-3-7-11-27)35(45)41-21-28-13-15-32(50-28)31(23-44)43(22-24-19-37(38,39)20-24)51(47,48)29-14-12-25-16-17-40-30(25)18-29/h2-18,24,31,33-34,40,44H,19-23H2,1H3,(H,41,45)(H,42,46)/t31-,34+/m1/s1. The van der Waals surface area contributed by atoms with Gasteiger partial charge in [0, 0.05) is 46.8 Å². The number of H-pyrrole nitrogens is 1. The third-order valence-electron chi connectivity index (χ3n) is 9.11. The highest BCUT2D eigenvalue weighted by atomic mass is 32.2. The summed E-state index contributed by atoms with van der Waals surface area (Å²) in [4.78, 5) is 30.4. The molecule has 1 fully saturated rings. The Morgan fingerprint density at radius 1 is 1.00 bits per heavy atom. The maximum absolute atomic E-state index is 14.1. The largest absolute Gasteiger partial charge is 0.453 e. The second-order valence-electron chi connectivity index (χ2n) is 12.6. The number of nitrogens with one attached hydrogen (secondary N) is 3. The van der Waals surface area contributed by atoms with Crippen molar-refractivity contribution in [3.63, 3.8) is 0 Å². The first-order valence-corrected chi connectivity index (χ1v) is 18.6. The summed E-state index contributed by atoms with van der Waals surface area (Å²) in [5.74, 6) is -4.49. The molecule has 2 amide bonds. The fourth-order valence-electron chi connectivity index (χ4n) is 6.54. The number of nitrogens with zero attached hydrogens (tertiary/aromatic N) is 1. The molecule has 0 bridgehead atoms. The Bertz CT molecular complexity index is 2030. The monoisotopic (exact) mass is 736 g/mol. The molecular formula is C37H38F2N4O6S2. The summed E-state index contributed by atoms with van der Waals surface area (Å²) in [6.45, 7) is -0.764. The van der Waals surface area contributed by atoms with Gasteiger partial charge in [0.05, 0.1) is 31.2 Å². The average molecular weight is 737 g/mol. The number of ether oxygens (including phenoxy) is 1. The molecule has 6 rings (SSSR count).